The van der Waals surface area contributed by atoms with Crippen molar-refractivity contribution >= 4 is 44.5 Å². The highest BCUT2D eigenvalue weighted by molar-refractivity contribution is 7.22. The number of nitrogens with one attached hydrogen (secondary N) is 1. The quantitative estimate of drug-likeness (QED) is 0.294. The highest BCUT2D eigenvalue weighted by atomic mass is 32.1. The number of thiazole rings is 1. The second-order valence-corrected chi connectivity index (χ2v) is 11.6. The van der Waals surface area contributed by atoms with Crippen LogP contribution < -0.4 is 15.8 Å². The molecule has 1 aromatic heterocycles. The van der Waals surface area contributed by atoms with Crippen molar-refractivity contribution in [2.45, 2.75) is 25.3 Å². The summed E-state index contributed by atoms with van der Waals surface area (Å²) < 4.78 is 6.14. The van der Waals surface area contributed by atoms with Crippen LogP contribution in [0.1, 0.15) is 22.7 Å². The lowest BCUT2D eigenvalue weighted by atomic mass is 10.00. The molecule has 44 heavy (non-hydrogen) atoms. The van der Waals surface area contributed by atoms with Crippen LogP contribution in [0.5, 0.6) is 5.75 Å². The average molecular weight is 610 g/mol. The molecule has 4 aromatic rings. The Morgan fingerprint density at radius 1 is 1.14 bits per heavy atom. The zero-order valence-electron chi connectivity index (χ0n) is 24.1. The molecule has 6 rings (SSSR count). The number of ether oxygens (including phenoxy) is 1. The average Bonchev–Trinajstić information content (AvgIpc) is 3.58. The normalized spacial score (nSPS) is 18.3. The monoisotopic (exact) mass is 609 g/mol. The number of methoxy groups -OCH3 is 1. The summed E-state index contributed by atoms with van der Waals surface area (Å²) in [6.07, 6.45) is 5.08. The molecule has 11 nitrogen and oxygen atoms in total. The number of terminal acetylenes is 1. The van der Waals surface area contributed by atoms with E-state index in [4.69, 9.17) is 16.9 Å². The number of hydrogen-bond donors (Lipinski definition) is 2. The van der Waals surface area contributed by atoms with E-state index in [1.807, 2.05) is 72.8 Å². The van der Waals surface area contributed by atoms with Gasteiger partial charge in [0.25, 0.3) is 5.91 Å². The van der Waals surface area contributed by atoms with Crippen molar-refractivity contribution in [3.05, 3.63) is 89.5 Å². The lowest BCUT2D eigenvalue weighted by Crippen LogP contribution is -2.62. The van der Waals surface area contributed by atoms with Gasteiger partial charge in [0.05, 0.1) is 37.0 Å². The molecule has 0 spiro atoms. The Hall–Kier alpha value is -5.12. The van der Waals surface area contributed by atoms with Crippen molar-refractivity contribution < 1.29 is 19.1 Å². The molecule has 0 bridgehead atoms. The van der Waals surface area contributed by atoms with E-state index < -0.39 is 18.2 Å². The first-order valence-corrected chi connectivity index (χ1v) is 14.9. The van der Waals surface area contributed by atoms with Gasteiger partial charge in [0.15, 0.2) is 5.13 Å². The van der Waals surface area contributed by atoms with Gasteiger partial charge >= 0.3 is 6.03 Å². The number of urea groups is 1. The summed E-state index contributed by atoms with van der Waals surface area (Å²) >= 11 is 1.39. The molecule has 0 radical (unpaired) electrons. The predicted molar refractivity (Wildman–Crippen MR) is 167 cm³/mol. The van der Waals surface area contributed by atoms with Gasteiger partial charge in [-0.25, -0.2) is 14.8 Å². The number of fused-ring (bicyclic) bond motifs is 2. The number of nitrogens with two attached hydrogens (primary N) is 1. The number of hydrazine groups is 1. The first kappa shape index (κ1) is 29.0. The lowest BCUT2D eigenvalue weighted by Gasteiger charge is -2.46. The molecular formula is C32H31N7O4S. The maximum Gasteiger partial charge on any atom is 0.333 e. The molecular weight excluding hydrogens is 578 g/mol. The smallest absolute Gasteiger partial charge is 0.333 e. The molecule has 224 valence electrons. The van der Waals surface area contributed by atoms with Gasteiger partial charge in [-0.1, -0.05) is 71.9 Å². The van der Waals surface area contributed by atoms with Gasteiger partial charge in [0, 0.05) is 13.1 Å². The van der Waals surface area contributed by atoms with Gasteiger partial charge in [0.2, 0.25) is 5.91 Å². The molecule has 0 saturated carbocycles. The van der Waals surface area contributed by atoms with Crippen LogP contribution in [0.2, 0.25) is 0 Å². The number of nitrogen functional groups attached to an aromatic ring is 1. The number of hydrogen-bond acceptors (Lipinski definition) is 8. The third-order valence-electron chi connectivity index (χ3n) is 7.84. The summed E-state index contributed by atoms with van der Waals surface area (Å²) in [7, 11) is 1.59. The Morgan fingerprint density at radius 3 is 2.64 bits per heavy atom. The van der Waals surface area contributed by atoms with E-state index in [2.05, 4.69) is 16.2 Å². The molecule has 3 aromatic carbocycles. The summed E-state index contributed by atoms with van der Waals surface area (Å²) in [6.45, 7) is 0.501. The van der Waals surface area contributed by atoms with Crippen LogP contribution in [0, 0.1) is 12.3 Å². The molecule has 12 heteroatoms. The number of nitrogens with zero attached hydrogens (tertiary/aromatic N) is 5. The number of amides is 4. The fourth-order valence-electron chi connectivity index (χ4n) is 5.77. The highest BCUT2D eigenvalue weighted by Crippen LogP contribution is 2.37. The number of rotatable bonds is 8. The van der Waals surface area contributed by atoms with Gasteiger partial charge in [-0.05, 0) is 34.9 Å². The van der Waals surface area contributed by atoms with Crippen molar-refractivity contribution in [1.82, 2.24) is 30.1 Å². The number of carbonyl (C=O) groups is 3. The second-order valence-electron chi connectivity index (χ2n) is 10.5. The summed E-state index contributed by atoms with van der Waals surface area (Å²) in [6, 6.07) is 21.0. The summed E-state index contributed by atoms with van der Waals surface area (Å²) in [5.41, 5.74) is 9.14. The standard InChI is InChI=1S/C32H31N7O4S/c1-3-16-37(32(42)34-17-21-12-14-24(43-2)15-13-21)38-20-27(40)39-26(38)19-36(30(41)29(39)22-8-5-4-6-9-22)18-23-10-7-11-25-28(23)35-31(33)44-25/h1,4-15,26,29H,16-20H2,2H3,(H2,33,35)(H,34,42)/t26?,29-/m0/s1. The molecule has 4 amide bonds. The van der Waals surface area contributed by atoms with Crippen molar-refractivity contribution in [2.75, 3.05) is 32.5 Å². The number of para-hydroxylation sites is 1. The number of piperazine rings is 1. The van der Waals surface area contributed by atoms with Gasteiger partial charge in [-0.2, -0.15) is 5.01 Å². The second kappa shape index (κ2) is 12.2. The molecule has 1 unspecified atom stereocenters. The van der Waals surface area contributed by atoms with Crippen molar-refractivity contribution in [3.63, 3.8) is 0 Å². The van der Waals surface area contributed by atoms with E-state index in [9.17, 15) is 14.4 Å². The van der Waals surface area contributed by atoms with Crippen LogP contribution in [0.4, 0.5) is 9.93 Å². The zero-order valence-corrected chi connectivity index (χ0v) is 24.9. The van der Waals surface area contributed by atoms with Crippen LogP contribution in [-0.2, 0) is 22.7 Å². The predicted octanol–water partition coefficient (Wildman–Crippen LogP) is 3.20. The molecule has 3 N–H and O–H groups in total. The summed E-state index contributed by atoms with van der Waals surface area (Å²) in [5, 5.41) is 6.41. The number of benzene rings is 3. The fourth-order valence-corrected chi connectivity index (χ4v) is 6.56. The van der Waals surface area contributed by atoms with Gasteiger partial charge in [-0.3, -0.25) is 9.59 Å². The number of carbonyl (C=O) groups excluding carboxylic acids is 3. The Bertz CT molecular complexity index is 1740. The summed E-state index contributed by atoms with van der Waals surface area (Å²) in [5.74, 6) is 2.78. The first-order valence-electron chi connectivity index (χ1n) is 14.0. The number of anilines is 1. The largest absolute Gasteiger partial charge is 0.497 e. The summed E-state index contributed by atoms with van der Waals surface area (Å²) in [4.78, 5) is 49.1. The van der Waals surface area contributed by atoms with Crippen LogP contribution >= 0.6 is 11.3 Å². The lowest BCUT2D eigenvalue weighted by molar-refractivity contribution is -0.158. The van der Waals surface area contributed by atoms with Gasteiger partial charge in [-0.15, -0.1) is 6.42 Å². The number of aromatic nitrogens is 1. The molecule has 0 aliphatic carbocycles. The Morgan fingerprint density at radius 2 is 1.91 bits per heavy atom. The zero-order chi connectivity index (χ0) is 30.8. The third kappa shape index (κ3) is 5.50. The highest BCUT2D eigenvalue weighted by Gasteiger charge is 2.52. The van der Waals surface area contributed by atoms with E-state index in [-0.39, 0.29) is 44.5 Å². The Labute approximate surface area is 258 Å². The maximum absolute atomic E-state index is 14.1. The molecule has 2 atom stereocenters. The van der Waals surface area contributed by atoms with E-state index in [0.717, 1.165) is 21.3 Å². The van der Waals surface area contributed by atoms with Crippen LogP contribution in [0.3, 0.4) is 0 Å². The SMILES string of the molecule is C#CCN(C(=O)NCc1ccc(OC)cc1)N1CC(=O)N2C1CN(Cc1cccc3sc(N)nc13)C(=O)[C@@H]2c1ccccc1. The van der Waals surface area contributed by atoms with Crippen LogP contribution in [-0.4, -0.2) is 75.6 Å². The topological polar surface area (TPSA) is 124 Å². The Kier molecular flexibility index (Phi) is 8.06. The fraction of sp³-hybridized carbons (Fsp3) is 0.250. The van der Waals surface area contributed by atoms with E-state index >= 15 is 0 Å². The van der Waals surface area contributed by atoms with Gasteiger partial charge < -0.3 is 25.6 Å². The third-order valence-corrected chi connectivity index (χ3v) is 8.69. The van der Waals surface area contributed by atoms with E-state index in [1.165, 1.54) is 16.3 Å². The van der Waals surface area contributed by atoms with E-state index in [0.29, 0.717) is 16.4 Å². The van der Waals surface area contributed by atoms with Crippen LogP contribution in [0.25, 0.3) is 10.2 Å². The van der Waals surface area contributed by atoms with Crippen molar-refractivity contribution in [3.8, 4) is 18.1 Å². The Balaban J connectivity index is 1.31. The molecule has 2 aliphatic rings. The molecule has 2 saturated heterocycles. The minimum absolute atomic E-state index is 0.0621. The van der Waals surface area contributed by atoms with Crippen molar-refractivity contribution in [2.24, 2.45) is 0 Å². The van der Waals surface area contributed by atoms with Crippen molar-refractivity contribution in [1.29, 1.82) is 0 Å². The minimum Gasteiger partial charge on any atom is -0.497 e. The van der Waals surface area contributed by atoms with Crippen LogP contribution in [0.15, 0.2) is 72.8 Å². The minimum atomic E-state index is -0.873. The molecule has 2 fully saturated rings. The first-order chi connectivity index (χ1) is 21.4. The van der Waals surface area contributed by atoms with E-state index in [1.54, 1.807) is 21.9 Å². The van der Waals surface area contributed by atoms with Gasteiger partial charge in [0.1, 0.15) is 18.0 Å². The molecule has 3 heterocycles. The maximum atomic E-state index is 14.1. The molecule has 2 aliphatic heterocycles.